The van der Waals surface area contributed by atoms with Gasteiger partial charge in [-0.15, -0.1) is 0 Å². The summed E-state index contributed by atoms with van der Waals surface area (Å²) >= 11 is 0. The zero-order chi connectivity index (χ0) is 32.4. The van der Waals surface area contributed by atoms with Gasteiger partial charge in [0, 0.05) is 22.1 Å². The number of hydrogen-bond donors (Lipinski definition) is 0. The van der Waals surface area contributed by atoms with Crippen LogP contribution in [0.15, 0.2) is 146 Å². The smallest absolute Gasteiger partial charge is 0.165 e. The number of benzene rings is 7. The molecule has 3 nitrogen and oxygen atoms in total. The summed E-state index contributed by atoms with van der Waals surface area (Å²) in [6.07, 6.45) is 0. The van der Waals surface area contributed by atoms with Crippen molar-refractivity contribution < 1.29 is 0 Å². The third-order valence-corrected chi connectivity index (χ3v) is 9.97. The minimum atomic E-state index is -0.0410. The first-order chi connectivity index (χ1) is 23.5. The van der Waals surface area contributed by atoms with Crippen LogP contribution < -0.4 is 0 Å². The zero-order valence-electron chi connectivity index (χ0n) is 27.2. The molecule has 0 spiro atoms. The van der Waals surface area contributed by atoms with E-state index in [-0.39, 0.29) is 5.41 Å². The van der Waals surface area contributed by atoms with Crippen molar-refractivity contribution in [2.45, 2.75) is 26.2 Å². The molecule has 7 aromatic carbocycles. The van der Waals surface area contributed by atoms with E-state index in [4.69, 9.17) is 15.0 Å². The molecule has 1 aliphatic rings. The van der Waals surface area contributed by atoms with Gasteiger partial charge in [0.15, 0.2) is 17.5 Å². The van der Waals surface area contributed by atoms with Gasteiger partial charge in [0.05, 0.1) is 0 Å². The van der Waals surface area contributed by atoms with Crippen LogP contribution >= 0.6 is 0 Å². The Labute approximate surface area is 280 Å². The SMILES string of the molecule is Cc1ccc2c(-c3nc(-c4ccccc4)nc(-c4ccccc4)n3)c3ccccc3c(-c3ccc4c(c3)-c3ccccc3C4(C)C)c2c1. The van der Waals surface area contributed by atoms with Crippen LogP contribution in [-0.4, -0.2) is 15.0 Å². The van der Waals surface area contributed by atoms with Gasteiger partial charge >= 0.3 is 0 Å². The average molecular weight is 616 g/mol. The summed E-state index contributed by atoms with van der Waals surface area (Å²) in [6.45, 7) is 6.84. The molecule has 0 atom stereocenters. The van der Waals surface area contributed by atoms with Crippen LogP contribution in [0.3, 0.4) is 0 Å². The predicted octanol–water partition coefficient (Wildman–Crippen LogP) is 11.5. The van der Waals surface area contributed by atoms with Crippen LogP contribution in [0.5, 0.6) is 0 Å². The molecule has 1 heterocycles. The first kappa shape index (κ1) is 28.3. The molecule has 48 heavy (non-hydrogen) atoms. The summed E-state index contributed by atoms with van der Waals surface area (Å²) in [6, 6.07) is 51.8. The molecular formula is C45H33N3. The van der Waals surface area contributed by atoms with Crippen molar-refractivity contribution in [2.24, 2.45) is 0 Å². The highest BCUT2D eigenvalue weighted by atomic mass is 15.0. The lowest BCUT2D eigenvalue weighted by molar-refractivity contribution is 0.660. The standard InChI is InChI=1S/C45H33N3/c1-28-22-24-35-37(26-28)40(31-23-25-39-36(27-31)32-18-12-13-21-38(32)45(39,2)3)33-19-10-11-20-34(33)41(35)44-47-42(29-14-6-4-7-15-29)46-43(48-44)30-16-8-5-9-17-30/h4-27H,1-3H3. The minimum Gasteiger partial charge on any atom is -0.208 e. The van der Waals surface area contributed by atoms with Crippen LogP contribution in [-0.2, 0) is 5.41 Å². The molecule has 0 saturated carbocycles. The summed E-state index contributed by atoms with van der Waals surface area (Å²) in [4.78, 5) is 15.4. The first-order valence-electron chi connectivity index (χ1n) is 16.5. The Morgan fingerprint density at radius 3 is 1.62 bits per heavy atom. The van der Waals surface area contributed by atoms with E-state index >= 15 is 0 Å². The van der Waals surface area contributed by atoms with Crippen LogP contribution in [0.1, 0.15) is 30.5 Å². The fourth-order valence-electron chi connectivity index (χ4n) is 7.64. The van der Waals surface area contributed by atoms with Crippen LogP contribution in [0.25, 0.3) is 78.0 Å². The monoisotopic (exact) mass is 615 g/mol. The molecule has 8 aromatic rings. The Kier molecular flexibility index (Phi) is 6.38. The van der Waals surface area contributed by atoms with Crippen LogP contribution in [0.2, 0.25) is 0 Å². The molecule has 0 N–H and O–H groups in total. The van der Waals surface area contributed by atoms with Crippen molar-refractivity contribution in [3.63, 3.8) is 0 Å². The largest absolute Gasteiger partial charge is 0.208 e. The summed E-state index contributed by atoms with van der Waals surface area (Å²) in [5.74, 6) is 1.99. The average Bonchev–Trinajstić information content (AvgIpc) is 3.36. The Hall–Kier alpha value is -5.93. The third-order valence-electron chi connectivity index (χ3n) is 9.97. The fourth-order valence-corrected chi connectivity index (χ4v) is 7.64. The molecular weight excluding hydrogens is 583 g/mol. The van der Waals surface area contributed by atoms with Gasteiger partial charge in [-0.2, -0.15) is 0 Å². The minimum absolute atomic E-state index is 0.0410. The molecule has 0 saturated heterocycles. The van der Waals surface area contributed by atoms with Gasteiger partial charge in [0.25, 0.3) is 0 Å². The van der Waals surface area contributed by atoms with E-state index in [1.807, 2.05) is 36.4 Å². The molecule has 1 aliphatic carbocycles. The normalized spacial score (nSPS) is 13.1. The molecule has 0 amide bonds. The second-order valence-corrected chi connectivity index (χ2v) is 13.3. The number of aromatic nitrogens is 3. The lowest BCUT2D eigenvalue weighted by Gasteiger charge is -2.22. The molecule has 9 rings (SSSR count). The van der Waals surface area contributed by atoms with Gasteiger partial charge < -0.3 is 0 Å². The van der Waals surface area contributed by atoms with E-state index in [2.05, 4.69) is 130 Å². The second-order valence-electron chi connectivity index (χ2n) is 13.3. The quantitative estimate of drug-likeness (QED) is 0.185. The third kappa shape index (κ3) is 4.39. The van der Waals surface area contributed by atoms with E-state index in [1.165, 1.54) is 49.7 Å². The molecule has 0 radical (unpaired) electrons. The summed E-state index contributed by atoms with van der Waals surface area (Å²) in [7, 11) is 0. The van der Waals surface area contributed by atoms with E-state index in [0.29, 0.717) is 17.5 Å². The van der Waals surface area contributed by atoms with Gasteiger partial charge in [-0.3, -0.25) is 0 Å². The Bertz CT molecular complexity index is 2470. The maximum absolute atomic E-state index is 5.19. The van der Waals surface area contributed by atoms with E-state index in [9.17, 15) is 0 Å². The van der Waals surface area contributed by atoms with Crippen molar-refractivity contribution >= 4 is 21.5 Å². The molecule has 0 unspecified atom stereocenters. The van der Waals surface area contributed by atoms with E-state index in [0.717, 1.165) is 27.5 Å². The molecule has 0 aliphatic heterocycles. The van der Waals surface area contributed by atoms with Crippen molar-refractivity contribution in [2.75, 3.05) is 0 Å². The highest BCUT2D eigenvalue weighted by Gasteiger charge is 2.35. The van der Waals surface area contributed by atoms with Gasteiger partial charge in [-0.05, 0) is 67.9 Å². The van der Waals surface area contributed by atoms with Crippen LogP contribution in [0, 0.1) is 6.92 Å². The number of hydrogen-bond acceptors (Lipinski definition) is 3. The number of fused-ring (bicyclic) bond motifs is 5. The topological polar surface area (TPSA) is 38.7 Å². The predicted molar refractivity (Wildman–Crippen MR) is 199 cm³/mol. The number of aryl methyl sites for hydroxylation is 1. The molecule has 1 aromatic heterocycles. The summed E-state index contributed by atoms with van der Waals surface area (Å²) in [5.41, 5.74) is 12.0. The van der Waals surface area contributed by atoms with E-state index in [1.54, 1.807) is 0 Å². The lowest BCUT2D eigenvalue weighted by Crippen LogP contribution is -2.14. The maximum Gasteiger partial charge on any atom is 0.165 e. The highest BCUT2D eigenvalue weighted by Crippen LogP contribution is 2.51. The van der Waals surface area contributed by atoms with Gasteiger partial charge in [0.2, 0.25) is 0 Å². The number of nitrogens with zero attached hydrogens (tertiary/aromatic N) is 3. The Morgan fingerprint density at radius 2 is 0.938 bits per heavy atom. The summed E-state index contributed by atoms with van der Waals surface area (Å²) in [5, 5.41) is 4.62. The zero-order valence-corrected chi connectivity index (χ0v) is 27.2. The Balaban J connectivity index is 1.35. The van der Waals surface area contributed by atoms with Gasteiger partial charge in [-0.1, -0.05) is 159 Å². The fraction of sp³-hybridized carbons (Fsp3) is 0.0889. The highest BCUT2D eigenvalue weighted by molar-refractivity contribution is 6.21. The van der Waals surface area contributed by atoms with Crippen molar-refractivity contribution in [1.82, 2.24) is 15.0 Å². The maximum atomic E-state index is 5.19. The molecule has 3 heteroatoms. The molecule has 0 bridgehead atoms. The van der Waals surface area contributed by atoms with Crippen molar-refractivity contribution in [3.8, 4) is 56.4 Å². The second kappa shape index (κ2) is 10.8. The molecule has 228 valence electrons. The van der Waals surface area contributed by atoms with E-state index < -0.39 is 0 Å². The first-order valence-corrected chi connectivity index (χ1v) is 16.5. The van der Waals surface area contributed by atoms with Crippen molar-refractivity contribution in [3.05, 3.63) is 162 Å². The Morgan fingerprint density at radius 1 is 0.396 bits per heavy atom. The van der Waals surface area contributed by atoms with Crippen molar-refractivity contribution in [1.29, 1.82) is 0 Å². The lowest BCUT2D eigenvalue weighted by atomic mass is 9.81. The van der Waals surface area contributed by atoms with Crippen LogP contribution in [0.4, 0.5) is 0 Å². The van der Waals surface area contributed by atoms with Gasteiger partial charge in [-0.25, -0.2) is 15.0 Å². The number of rotatable bonds is 4. The van der Waals surface area contributed by atoms with Gasteiger partial charge in [0.1, 0.15) is 0 Å². The summed E-state index contributed by atoms with van der Waals surface area (Å²) < 4.78 is 0. The molecule has 0 fully saturated rings.